The van der Waals surface area contributed by atoms with E-state index < -0.39 is 6.04 Å². The topological polar surface area (TPSA) is 118 Å². The number of aromatic nitrogens is 5. The lowest BCUT2D eigenvalue weighted by Gasteiger charge is -2.32. The molecule has 9 nitrogen and oxygen atoms in total. The molecule has 0 aliphatic heterocycles. The molecule has 3 aromatic heterocycles. The molecule has 9 heteroatoms. The van der Waals surface area contributed by atoms with Crippen LogP contribution in [-0.4, -0.2) is 42.8 Å². The molecule has 0 saturated heterocycles. The molecule has 2 amide bonds. The predicted molar refractivity (Wildman–Crippen MR) is 139 cm³/mol. The van der Waals surface area contributed by atoms with Gasteiger partial charge >= 0.3 is 0 Å². The smallest absolute Gasteiger partial charge is 0.270 e. The van der Waals surface area contributed by atoms with Crippen LogP contribution < -0.4 is 10.6 Å². The first kappa shape index (κ1) is 25.3. The van der Waals surface area contributed by atoms with Gasteiger partial charge in [0.2, 0.25) is 5.91 Å². The van der Waals surface area contributed by atoms with Crippen LogP contribution in [0.5, 0.6) is 0 Å². The Labute approximate surface area is 211 Å². The quantitative estimate of drug-likeness (QED) is 0.405. The molecule has 4 rings (SSSR count). The fraction of sp³-hybridized carbons (Fsp3) is 0.444. The van der Waals surface area contributed by atoms with Crippen LogP contribution in [0.15, 0.2) is 42.7 Å². The monoisotopic (exact) mass is 489 g/mol. The zero-order valence-electron chi connectivity index (χ0n) is 21.4. The Morgan fingerprint density at radius 2 is 1.97 bits per heavy atom. The van der Waals surface area contributed by atoms with Crippen LogP contribution in [0.1, 0.15) is 61.4 Å². The molecule has 1 aliphatic rings. The fourth-order valence-electron chi connectivity index (χ4n) is 4.87. The van der Waals surface area contributed by atoms with Gasteiger partial charge < -0.3 is 10.6 Å². The largest absolute Gasteiger partial charge is 0.339 e. The number of pyridine rings is 1. The summed E-state index contributed by atoms with van der Waals surface area (Å²) in [5.74, 6) is 0.179. The first-order valence-electron chi connectivity index (χ1n) is 12.6. The average Bonchev–Trinajstić information content (AvgIpc) is 3.48. The number of nitrogens with zero attached hydrogens (tertiary/aromatic N) is 4. The summed E-state index contributed by atoms with van der Waals surface area (Å²) >= 11 is 0. The Balaban J connectivity index is 1.51. The Hall–Kier alpha value is -3.75. The number of anilines is 1. The van der Waals surface area contributed by atoms with Gasteiger partial charge in [-0.25, -0.2) is 0 Å². The van der Waals surface area contributed by atoms with Crippen molar-refractivity contribution in [2.45, 2.75) is 66.0 Å². The van der Waals surface area contributed by atoms with Crippen LogP contribution in [-0.2, 0) is 11.3 Å². The van der Waals surface area contributed by atoms with E-state index in [1.165, 1.54) is 0 Å². The molecule has 1 saturated carbocycles. The molecular formula is C27H35N7O2. The number of H-pyrrole nitrogens is 1. The van der Waals surface area contributed by atoms with Crippen molar-refractivity contribution >= 4 is 17.5 Å². The summed E-state index contributed by atoms with van der Waals surface area (Å²) in [6.45, 7) is 8.54. The van der Waals surface area contributed by atoms with Crippen molar-refractivity contribution in [1.29, 1.82) is 0 Å². The number of hydrogen-bond acceptors (Lipinski definition) is 5. The van der Waals surface area contributed by atoms with E-state index in [2.05, 4.69) is 37.8 Å². The van der Waals surface area contributed by atoms with Crippen molar-refractivity contribution in [3.05, 3.63) is 59.8 Å². The van der Waals surface area contributed by atoms with Crippen LogP contribution >= 0.6 is 0 Å². The molecule has 0 unspecified atom stereocenters. The molecule has 1 fully saturated rings. The SMILES string of the molecule is C/C=C/Cn1nccc1C(=O)N[C@H](C(=O)Nc1ccc(-c2c(C)n[nH]c2C)nc1)C1CCC(C)CC1. The second kappa shape index (κ2) is 11.3. The van der Waals surface area contributed by atoms with Crippen molar-refractivity contribution in [2.24, 2.45) is 11.8 Å². The summed E-state index contributed by atoms with van der Waals surface area (Å²) in [5, 5.41) is 17.4. The Morgan fingerprint density at radius 1 is 1.19 bits per heavy atom. The van der Waals surface area contributed by atoms with Gasteiger partial charge in [0.25, 0.3) is 5.91 Å². The molecule has 190 valence electrons. The maximum atomic E-state index is 13.5. The minimum atomic E-state index is -0.645. The van der Waals surface area contributed by atoms with Gasteiger partial charge in [0.15, 0.2) is 0 Å². The molecule has 1 atom stereocenters. The lowest BCUT2D eigenvalue weighted by atomic mass is 9.79. The number of amides is 2. The predicted octanol–water partition coefficient (Wildman–Crippen LogP) is 4.42. The summed E-state index contributed by atoms with van der Waals surface area (Å²) in [5.41, 5.74) is 4.59. The van der Waals surface area contributed by atoms with E-state index in [-0.39, 0.29) is 17.7 Å². The Bertz CT molecular complexity index is 1200. The van der Waals surface area contributed by atoms with Crippen molar-refractivity contribution < 1.29 is 9.59 Å². The minimum absolute atomic E-state index is 0.0699. The van der Waals surface area contributed by atoms with Crippen LogP contribution in [0.2, 0.25) is 0 Å². The van der Waals surface area contributed by atoms with E-state index in [0.29, 0.717) is 23.8 Å². The summed E-state index contributed by atoms with van der Waals surface area (Å²) in [6.07, 6.45) is 11.0. The summed E-state index contributed by atoms with van der Waals surface area (Å²) < 4.78 is 1.63. The second-order valence-corrected chi connectivity index (χ2v) is 9.67. The molecule has 3 N–H and O–H groups in total. The third kappa shape index (κ3) is 5.72. The molecule has 3 heterocycles. The van der Waals surface area contributed by atoms with E-state index >= 15 is 0 Å². The number of carbonyl (C=O) groups is 2. The Morgan fingerprint density at radius 3 is 2.61 bits per heavy atom. The summed E-state index contributed by atoms with van der Waals surface area (Å²) in [7, 11) is 0. The van der Waals surface area contributed by atoms with E-state index in [1.807, 2.05) is 45.1 Å². The number of allylic oxidation sites excluding steroid dienone is 2. The number of rotatable bonds is 8. The number of nitrogens with one attached hydrogen (secondary N) is 3. The zero-order valence-corrected chi connectivity index (χ0v) is 21.4. The van der Waals surface area contributed by atoms with E-state index in [4.69, 9.17) is 0 Å². The highest BCUT2D eigenvalue weighted by Crippen LogP contribution is 2.31. The van der Waals surface area contributed by atoms with Gasteiger partial charge in [-0.15, -0.1) is 0 Å². The average molecular weight is 490 g/mol. The highest BCUT2D eigenvalue weighted by molar-refractivity contribution is 6.00. The van der Waals surface area contributed by atoms with Gasteiger partial charge in [-0.05, 0) is 63.6 Å². The van der Waals surface area contributed by atoms with Gasteiger partial charge in [0, 0.05) is 17.5 Å². The fourth-order valence-corrected chi connectivity index (χ4v) is 4.87. The number of carbonyl (C=O) groups excluding carboxylic acids is 2. The lowest BCUT2D eigenvalue weighted by molar-refractivity contribution is -0.119. The molecule has 1 aliphatic carbocycles. The minimum Gasteiger partial charge on any atom is -0.339 e. The van der Waals surface area contributed by atoms with Crippen LogP contribution in [0, 0.1) is 25.7 Å². The zero-order chi connectivity index (χ0) is 25.7. The maximum absolute atomic E-state index is 13.5. The van der Waals surface area contributed by atoms with Crippen molar-refractivity contribution in [3.8, 4) is 11.3 Å². The lowest BCUT2D eigenvalue weighted by Crippen LogP contribution is -2.49. The molecule has 0 aromatic carbocycles. The Kier molecular flexibility index (Phi) is 7.97. The molecule has 0 radical (unpaired) electrons. The van der Waals surface area contributed by atoms with E-state index in [0.717, 1.165) is 48.3 Å². The van der Waals surface area contributed by atoms with Gasteiger partial charge in [0.1, 0.15) is 11.7 Å². The standard InChI is InChI=1S/C27H35N7O2/c1-5-6-15-34-23(13-14-29-34)26(35)31-25(20-9-7-17(2)8-10-20)27(36)30-21-11-12-22(28-16-21)24-18(3)32-33-19(24)4/h5-6,11-14,16-17,20,25H,7-10,15H2,1-4H3,(H,30,36)(H,31,35)(H,32,33)/b6-5+/t17?,20?,25-/m0/s1. The van der Waals surface area contributed by atoms with Gasteiger partial charge in [0.05, 0.1) is 29.8 Å². The van der Waals surface area contributed by atoms with Crippen LogP contribution in [0.4, 0.5) is 5.69 Å². The molecule has 0 bridgehead atoms. The van der Waals surface area contributed by atoms with Gasteiger partial charge in [-0.3, -0.25) is 24.4 Å². The van der Waals surface area contributed by atoms with E-state index in [1.54, 1.807) is 23.1 Å². The van der Waals surface area contributed by atoms with Gasteiger partial charge in [-0.2, -0.15) is 10.2 Å². The first-order chi connectivity index (χ1) is 17.4. The van der Waals surface area contributed by atoms with Crippen molar-refractivity contribution in [2.75, 3.05) is 5.32 Å². The summed E-state index contributed by atoms with van der Waals surface area (Å²) in [4.78, 5) is 31.2. The number of aromatic amines is 1. The second-order valence-electron chi connectivity index (χ2n) is 9.67. The number of aryl methyl sites for hydroxylation is 2. The van der Waals surface area contributed by atoms with Gasteiger partial charge in [-0.1, -0.05) is 31.9 Å². The molecule has 0 spiro atoms. The molecule has 3 aromatic rings. The third-order valence-corrected chi connectivity index (χ3v) is 6.98. The molecule has 36 heavy (non-hydrogen) atoms. The van der Waals surface area contributed by atoms with Crippen LogP contribution in [0.25, 0.3) is 11.3 Å². The summed E-state index contributed by atoms with van der Waals surface area (Å²) in [6, 6.07) is 4.74. The number of hydrogen-bond donors (Lipinski definition) is 3. The normalized spacial score (nSPS) is 18.8. The maximum Gasteiger partial charge on any atom is 0.270 e. The third-order valence-electron chi connectivity index (χ3n) is 6.98. The van der Waals surface area contributed by atoms with E-state index in [9.17, 15) is 9.59 Å². The highest BCUT2D eigenvalue weighted by Gasteiger charge is 2.33. The molecular weight excluding hydrogens is 454 g/mol. The van der Waals surface area contributed by atoms with Crippen LogP contribution in [0.3, 0.4) is 0 Å². The van der Waals surface area contributed by atoms with Crippen molar-refractivity contribution in [1.82, 2.24) is 30.3 Å². The first-order valence-corrected chi connectivity index (χ1v) is 12.6. The highest BCUT2D eigenvalue weighted by atomic mass is 16.2. The van der Waals surface area contributed by atoms with Crippen molar-refractivity contribution in [3.63, 3.8) is 0 Å².